The Balaban J connectivity index is 1.76. The fourth-order valence-electron chi connectivity index (χ4n) is 2.60. The molecule has 0 N–H and O–H groups in total. The highest BCUT2D eigenvalue weighted by Gasteiger charge is 2.18. The fourth-order valence-corrected chi connectivity index (χ4v) is 3.00. The molecule has 0 bridgehead atoms. The van der Waals surface area contributed by atoms with E-state index in [-0.39, 0.29) is 0 Å². The summed E-state index contributed by atoms with van der Waals surface area (Å²) in [5.41, 5.74) is 3.74. The van der Waals surface area contributed by atoms with Gasteiger partial charge in [-0.05, 0) is 23.3 Å². The number of benzene rings is 2. The van der Waals surface area contributed by atoms with Gasteiger partial charge < -0.3 is 0 Å². The van der Waals surface area contributed by atoms with E-state index < -0.39 is 0 Å². The van der Waals surface area contributed by atoms with Gasteiger partial charge in [0, 0.05) is 16.5 Å². The number of halogens is 1. The lowest BCUT2D eigenvalue weighted by Crippen LogP contribution is -2.15. The maximum atomic E-state index is 4.69. The standard InChI is InChI=1S/C16H12BrN3/c17-14-7-3-6-12(8-14)16-18-15-9-11-4-1-2-5-13(11)10-20(15)19-16/h1-8H,9-10H2. The average Bonchev–Trinajstić information content (AvgIpc) is 2.87. The number of aromatic nitrogens is 3. The van der Waals surface area contributed by atoms with Crippen molar-refractivity contribution in [3.8, 4) is 11.4 Å². The van der Waals surface area contributed by atoms with E-state index in [9.17, 15) is 0 Å². The Bertz CT molecular complexity index is 749. The third-order valence-corrected chi connectivity index (χ3v) is 4.11. The molecule has 1 aliphatic rings. The van der Waals surface area contributed by atoms with Gasteiger partial charge >= 0.3 is 0 Å². The molecule has 0 atom stereocenters. The lowest BCUT2D eigenvalue weighted by Gasteiger charge is -2.15. The second-order valence-electron chi connectivity index (χ2n) is 4.97. The Morgan fingerprint density at radius 2 is 1.85 bits per heavy atom. The Morgan fingerprint density at radius 3 is 2.70 bits per heavy atom. The molecule has 98 valence electrons. The van der Waals surface area contributed by atoms with Crippen molar-refractivity contribution in [1.82, 2.24) is 14.8 Å². The van der Waals surface area contributed by atoms with Crippen molar-refractivity contribution in [3.05, 3.63) is 70.0 Å². The molecule has 4 rings (SSSR count). The molecule has 0 fully saturated rings. The molecule has 0 saturated carbocycles. The molecule has 3 nitrogen and oxygen atoms in total. The van der Waals surface area contributed by atoms with Crippen LogP contribution in [0.5, 0.6) is 0 Å². The maximum absolute atomic E-state index is 4.69. The maximum Gasteiger partial charge on any atom is 0.181 e. The van der Waals surface area contributed by atoms with Crippen LogP contribution in [0.15, 0.2) is 53.0 Å². The molecule has 3 aromatic rings. The number of fused-ring (bicyclic) bond motifs is 2. The van der Waals surface area contributed by atoms with Gasteiger partial charge in [-0.15, -0.1) is 0 Å². The van der Waals surface area contributed by atoms with Crippen molar-refractivity contribution < 1.29 is 0 Å². The van der Waals surface area contributed by atoms with E-state index in [2.05, 4.69) is 51.4 Å². The fraction of sp³-hybridized carbons (Fsp3) is 0.125. The van der Waals surface area contributed by atoms with E-state index >= 15 is 0 Å². The lowest BCUT2D eigenvalue weighted by molar-refractivity contribution is 0.621. The monoisotopic (exact) mass is 325 g/mol. The van der Waals surface area contributed by atoms with Crippen LogP contribution in [0.4, 0.5) is 0 Å². The minimum atomic E-state index is 0.800. The predicted molar refractivity (Wildman–Crippen MR) is 81.5 cm³/mol. The molecular weight excluding hydrogens is 314 g/mol. The minimum absolute atomic E-state index is 0.800. The summed E-state index contributed by atoms with van der Waals surface area (Å²) in [6.45, 7) is 0.812. The molecule has 0 radical (unpaired) electrons. The summed E-state index contributed by atoms with van der Waals surface area (Å²) >= 11 is 3.49. The van der Waals surface area contributed by atoms with Crippen LogP contribution >= 0.6 is 15.9 Å². The molecule has 0 amide bonds. The zero-order chi connectivity index (χ0) is 13.5. The second-order valence-corrected chi connectivity index (χ2v) is 5.88. The van der Waals surface area contributed by atoms with E-state index in [1.807, 2.05) is 22.9 Å². The Labute approximate surface area is 125 Å². The van der Waals surface area contributed by atoms with Crippen molar-refractivity contribution >= 4 is 15.9 Å². The summed E-state index contributed by atoms with van der Waals surface area (Å²) in [6.07, 6.45) is 0.858. The number of nitrogens with zero attached hydrogens (tertiary/aromatic N) is 3. The molecule has 1 aliphatic heterocycles. The summed E-state index contributed by atoms with van der Waals surface area (Å²) < 4.78 is 3.06. The average molecular weight is 326 g/mol. The highest BCUT2D eigenvalue weighted by atomic mass is 79.9. The van der Waals surface area contributed by atoms with Crippen LogP contribution in [0.25, 0.3) is 11.4 Å². The molecule has 0 saturated heterocycles. The Kier molecular flexibility index (Phi) is 2.70. The van der Waals surface area contributed by atoms with Crippen LogP contribution in [0, 0.1) is 0 Å². The molecule has 1 aromatic heterocycles. The van der Waals surface area contributed by atoms with Crippen LogP contribution < -0.4 is 0 Å². The van der Waals surface area contributed by atoms with Gasteiger partial charge in [-0.2, -0.15) is 5.10 Å². The molecule has 2 aromatic carbocycles. The highest BCUT2D eigenvalue weighted by Crippen LogP contribution is 2.25. The third kappa shape index (κ3) is 1.96. The van der Waals surface area contributed by atoms with Gasteiger partial charge in [0.25, 0.3) is 0 Å². The normalized spacial score (nSPS) is 12.8. The van der Waals surface area contributed by atoms with Crippen LogP contribution in [0.2, 0.25) is 0 Å². The van der Waals surface area contributed by atoms with Crippen molar-refractivity contribution in [2.75, 3.05) is 0 Å². The summed E-state index contributed by atoms with van der Waals surface area (Å²) in [6, 6.07) is 16.6. The first-order valence-corrected chi connectivity index (χ1v) is 7.35. The van der Waals surface area contributed by atoms with Crippen LogP contribution in [0.1, 0.15) is 17.0 Å². The number of hydrogen-bond donors (Lipinski definition) is 0. The van der Waals surface area contributed by atoms with E-state index in [1.165, 1.54) is 11.1 Å². The smallest absolute Gasteiger partial charge is 0.181 e. The van der Waals surface area contributed by atoms with Crippen molar-refractivity contribution in [2.24, 2.45) is 0 Å². The topological polar surface area (TPSA) is 30.7 Å². The van der Waals surface area contributed by atoms with Gasteiger partial charge in [0.05, 0.1) is 6.54 Å². The van der Waals surface area contributed by atoms with Gasteiger partial charge in [0.1, 0.15) is 5.82 Å². The van der Waals surface area contributed by atoms with Gasteiger partial charge in [-0.1, -0.05) is 52.3 Å². The highest BCUT2D eigenvalue weighted by molar-refractivity contribution is 9.10. The molecule has 4 heteroatoms. The van der Waals surface area contributed by atoms with E-state index in [1.54, 1.807) is 0 Å². The van der Waals surface area contributed by atoms with Crippen LogP contribution in [-0.4, -0.2) is 14.8 Å². The summed E-state index contributed by atoms with van der Waals surface area (Å²) in [4.78, 5) is 4.69. The van der Waals surface area contributed by atoms with E-state index in [0.29, 0.717) is 0 Å². The summed E-state index contributed by atoms with van der Waals surface area (Å²) in [7, 11) is 0. The zero-order valence-corrected chi connectivity index (χ0v) is 12.3. The van der Waals surface area contributed by atoms with Crippen LogP contribution in [-0.2, 0) is 13.0 Å². The van der Waals surface area contributed by atoms with Gasteiger partial charge in [-0.3, -0.25) is 0 Å². The van der Waals surface area contributed by atoms with E-state index in [0.717, 1.165) is 34.7 Å². The molecule has 20 heavy (non-hydrogen) atoms. The number of rotatable bonds is 1. The zero-order valence-electron chi connectivity index (χ0n) is 10.8. The molecule has 0 aliphatic carbocycles. The van der Waals surface area contributed by atoms with Crippen molar-refractivity contribution in [2.45, 2.75) is 13.0 Å². The third-order valence-electron chi connectivity index (χ3n) is 3.62. The van der Waals surface area contributed by atoms with Gasteiger partial charge in [0.15, 0.2) is 5.82 Å². The Morgan fingerprint density at radius 1 is 1.00 bits per heavy atom. The summed E-state index contributed by atoms with van der Waals surface area (Å²) in [5, 5.41) is 4.65. The first kappa shape index (κ1) is 11.9. The first-order chi connectivity index (χ1) is 9.79. The van der Waals surface area contributed by atoms with Gasteiger partial charge in [-0.25, -0.2) is 9.67 Å². The quantitative estimate of drug-likeness (QED) is 0.534. The van der Waals surface area contributed by atoms with Crippen LogP contribution in [0.3, 0.4) is 0 Å². The predicted octanol–water partition coefficient (Wildman–Crippen LogP) is 3.66. The number of hydrogen-bond acceptors (Lipinski definition) is 2. The SMILES string of the molecule is Brc1cccc(-c2nc3n(n2)Cc2ccccc2C3)c1. The summed E-state index contributed by atoms with van der Waals surface area (Å²) in [5.74, 6) is 1.84. The van der Waals surface area contributed by atoms with Crippen molar-refractivity contribution in [1.29, 1.82) is 0 Å². The second kappa shape index (κ2) is 4.56. The lowest BCUT2D eigenvalue weighted by atomic mass is 10.0. The van der Waals surface area contributed by atoms with Crippen molar-refractivity contribution in [3.63, 3.8) is 0 Å². The Hall–Kier alpha value is -1.94. The van der Waals surface area contributed by atoms with Gasteiger partial charge in [0.2, 0.25) is 0 Å². The van der Waals surface area contributed by atoms with E-state index in [4.69, 9.17) is 4.98 Å². The first-order valence-electron chi connectivity index (χ1n) is 6.56. The molecule has 0 spiro atoms. The molecule has 2 heterocycles. The largest absolute Gasteiger partial charge is 0.245 e. The molecular formula is C16H12BrN3. The minimum Gasteiger partial charge on any atom is -0.245 e. The molecule has 0 unspecified atom stereocenters.